The van der Waals surface area contributed by atoms with Crippen LogP contribution in [-0.4, -0.2) is 29.0 Å². The Morgan fingerprint density at radius 2 is 2.03 bits per heavy atom. The van der Waals surface area contributed by atoms with E-state index < -0.39 is 11.7 Å². The predicted octanol–water partition coefficient (Wildman–Crippen LogP) is 5.31. The average Bonchev–Trinajstić information content (AvgIpc) is 3.16. The van der Waals surface area contributed by atoms with E-state index in [2.05, 4.69) is 15.3 Å². The minimum absolute atomic E-state index is 0.0508. The molecule has 1 aromatic carbocycles. The van der Waals surface area contributed by atoms with E-state index >= 15 is 0 Å². The lowest BCUT2D eigenvalue weighted by atomic mass is 9.95. The summed E-state index contributed by atoms with van der Waals surface area (Å²) in [4.78, 5) is 22.8. The van der Waals surface area contributed by atoms with Crippen LogP contribution in [0.2, 0.25) is 5.02 Å². The van der Waals surface area contributed by atoms with Crippen LogP contribution in [0, 0.1) is 5.92 Å². The topological polar surface area (TPSA) is 71.3 Å². The number of fused-ring (bicyclic) bond motifs is 1. The lowest BCUT2D eigenvalue weighted by Crippen LogP contribution is -2.38. The number of oxazole rings is 1. The molecule has 31 heavy (non-hydrogen) atoms. The molecule has 1 aliphatic rings. The maximum absolute atomic E-state index is 12.8. The Morgan fingerprint density at radius 3 is 2.68 bits per heavy atom. The number of amides is 1. The Morgan fingerprint density at radius 1 is 1.29 bits per heavy atom. The number of nitrogens with one attached hydrogen (secondary N) is 1. The number of anilines is 2. The fraction of sp³-hybridized carbons (Fsp3) is 0.381. The molecule has 4 rings (SSSR count). The molecule has 6 nitrogen and oxygen atoms in total. The van der Waals surface area contributed by atoms with E-state index in [-0.39, 0.29) is 16.8 Å². The van der Waals surface area contributed by atoms with E-state index in [0.29, 0.717) is 60.8 Å². The second-order valence-corrected chi connectivity index (χ2v) is 7.83. The summed E-state index contributed by atoms with van der Waals surface area (Å²) in [6, 6.07) is 6.20. The fourth-order valence-corrected chi connectivity index (χ4v) is 3.91. The summed E-state index contributed by atoms with van der Waals surface area (Å²) in [5.41, 5.74) is 1.12. The molecule has 164 valence electrons. The number of rotatable bonds is 4. The van der Waals surface area contributed by atoms with Crippen LogP contribution in [-0.2, 0) is 17.4 Å². The van der Waals surface area contributed by atoms with E-state index in [4.69, 9.17) is 16.0 Å². The first-order chi connectivity index (χ1) is 14.7. The first-order valence-corrected chi connectivity index (χ1v) is 10.3. The normalized spacial score (nSPS) is 15.5. The highest BCUT2D eigenvalue weighted by Crippen LogP contribution is 2.34. The molecule has 1 N–H and O–H groups in total. The van der Waals surface area contributed by atoms with Gasteiger partial charge in [0, 0.05) is 37.3 Å². The molecule has 0 aliphatic carbocycles. The van der Waals surface area contributed by atoms with Gasteiger partial charge in [-0.1, -0.05) is 18.5 Å². The second-order valence-electron chi connectivity index (χ2n) is 7.42. The van der Waals surface area contributed by atoms with Gasteiger partial charge in [-0.25, -0.2) is 9.97 Å². The summed E-state index contributed by atoms with van der Waals surface area (Å²) in [5.74, 6) is 0.617. The van der Waals surface area contributed by atoms with Crippen molar-refractivity contribution in [3.63, 3.8) is 0 Å². The molecule has 3 heterocycles. The standard InChI is InChI=1S/C21H20ClF3N4O2/c1-2-18-28-16-10-14(3-4-17(16)31-18)27-20(30)12-5-7-29(8-6-12)19-15(22)9-13(11-26-19)21(23,24)25/h3-4,9-12H,2,5-8H2,1H3,(H,27,30). The molecule has 0 saturated carbocycles. The van der Waals surface area contributed by atoms with Crippen LogP contribution in [0.1, 0.15) is 31.2 Å². The van der Waals surface area contributed by atoms with Gasteiger partial charge in [0.1, 0.15) is 11.3 Å². The maximum atomic E-state index is 12.8. The quantitative estimate of drug-likeness (QED) is 0.580. The number of aromatic nitrogens is 2. The third kappa shape index (κ3) is 4.61. The first kappa shape index (κ1) is 21.4. The Hall–Kier alpha value is -2.81. The van der Waals surface area contributed by atoms with Crippen LogP contribution in [0.3, 0.4) is 0 Å². The Bertz CT molecular complexity index is 1110. The van der Waals surface area contributed by atoms with Crippen LogP contribution < -0.4 is 10.2 Å². The number of carbonyl (C=O) groups excluding carboxylic acids is 1. The number of pyridine rings is 1. The highest BCUT2D eigenvalue weighted by Gasteiger charge is 2.33. The monoisotopic (exact) mass is 452 g/mol. The van der Waals surface area contributed by atoms with Crippen LogP contribution in [0.5, 0.6) is 0 Å². The number of nitrogens with zero attached hydrogens (tertiary/aromatic N) is 3. The minimum Gasteiger partial charge on any atom is -0.441 e. The van der Waals surface area contributed by atoms with Gasteiger partial charge in [0.2, 0.25) is 5.91 Å². The number of hydrogen-bond acceptors (Lipinski definition) is 5. The molecule has 2 aromatic heterocycles. The highest BCUT2D eigenvalue weighted by molar-refractivity contribution is 6.33. The number of benzene rings is 1. The molecule has 3 aromatic rings. The van der Waals surface area contributed by atoms with Gasteiger partial charge in [-0.05, 0) is 37.1 Å². The van der Waals surface area contributed by atoms with E-state index in [1.54, 1.807) is 23.1 Å². The van der Waals surface area contributed by atoms with Crippen LogP contribution in [0.15, 0.2) is 34.9 Å². The van der Waals surface area contributed by atoms with Crippen molar-refractivity contribution in [3.05, 3.63) is 46.9 Å². The molecule has 0 unspecified atom stereocenters. The third-order valence-electron chi connectivity index (χ3n) is 5.32. The van der Waals surface area contributed by atoms with Crippen LogP contribution in [0.25, 0.3) is 11.1 Å². The zero-order chi connectivity index (χ0) is 22.2. The molecule has 0 spiro atoms. The maximum Gasteiger partial charge on any atom is 0.417 e. The number of halogens is 4. The van der Waals surface area contributed by atoms with Crippen LogP contribution >= 0.6 is 11.6 Å². The van der Waals surface area contributed by atoms with Gasteiger partial charge in [-0.15, -0.1) is 0 Å². The summed E-state index contributed by atoms with van der Waals surface area (Å²) in [5, 5.41) is 2.86. The van der Waals surface area contributed by atoms with Gasteiger partial charge < -0.3 is 14.6 Å². The van der Waals surface area contributed by atoms with Crippen molar-refractivity contribution in [2.24, 2.45) is 5.92 Å². The summed E-state index contributed by atoms with van der Waals surface area (Å²) in [6.45, 7) is 2.89. The Kier molecular flexibility index (Phi) is 5.79. The predicted molar refractivity (Wildman–Crippen MR) is 111 cm³/mol. The minimum atomic E-state index is -4.49. The van der Waals surface area contributed by atoms with Gasteiger partial charge in [0.05, 0.1) is 10.6 Å². The smallest absolute Gasteiger partial charge is 0.417 e. The number of piperidine rings is 1. The van der Waals surface area contributed by atoms with E-state index in [1.165, 1.54) is 0 Å². The molecule has 0 bridgehead atoms. The molecule has 0 atom stereocenters. The third-order valence-corrected chi connectivity index (χ3v) is 5.59. The highest BCUT2D eigenvalue weighted by atomic mass is 35.5. The molecule has 1 aliphatic heterocycles. The Labute approximate surface area is 181 Å². The lowest BCUT2D eigenvalue weighted by molar-refractivity contribution is -0.137. The van der Waals surface area contributed by atoms with Gasteiger partial charge in [0.15, 0.2) is 11.5 Å². The molecule has 1 amide bonds. The van der Waals surface area contributed by atoms with Crippen molar-refractivity contribution in [1.82, 2.24) is 9.97 Å². The number of hydrogen-bond donors (Lipinski definition) is 1. The zero-order valence-electron chi connectivity index (χ0n) is 16.7. The molecular weight excluding hydrogens is 433 g/mol. The van der Waals surface area contributed by atoms with Crippen LogP contribution in [0.4, 0.5) is 24.7 Å². The van der Waals surface area contributed by atoms with Gasteiger partial charge in [-0.2, -0.15) is 13.2 Å². The van der Waals surface area contributed by atoms with Gasteiger partial charge >= 0.3 is 6.18 Å². The molecular formula is C21H20ClF3N4O2. The molecule has 1 saturated heterocycles. The molecule has 10 heteroatoms. The van der Waals surface area contributed by atoms with Crippen molar-refractivity contribution in [1.29, 1.82) is 0 Å². The first-order valence-electron chi connectivity index (χ1n) is 9.92. The zero-order valence-corrected chi connectivity index (χ0v) is 17.4. The number of aryl methyl sites for hydroxylation is 1. The lowest BCUT2D eigenvalue weighted by Gasteiger charge is -2.32. The van der Waals surface area contributed by atoms with Crippen molar-refractivity contribution in [2.75, 3.05) is 23.3 Å². The largest absolute Gasteiger partial charge is 0.441 e. The second kappa shape index (κ2) is 8.37. The van der Waals surface area contributed by atoms with Crippen molar-refractivity contribution in [2.45, 2.75) is 32.4 Å². The van der Waals surface area contributed by atoms with Crippen molar-refractivity contribution in [3.8, 4) is 0 Å². The Balaban J connectivity index is 1.38. The fourth-order valence-electron chi connectivity index (χ4n) is 3.62. The van der Waals surface area contributed by atoms with Gasteiger partial charge in [-0.3, -0.25) is 4.79 Å². The number of alkyl halides is 3. The SMILES string of the molecule is CCc1nc2cc(NC(=O)C3CCN(c4ncc(C(F)(F)F)cc4Cl)CC3)ccc2o1. The van der Waals surface area contributed by atoms with E-state index in [1.807, 2.05) is 6.92 Å². The summed E-state index contributed by atoms with van der Waals surface area (Å²) in [6.07, 6.45) is -1.95. The summed E-state index contributed by atoms with van der Waals surface area (Å²) < 4.78 is 44.0. The van der Waals surface area contributed by atoms with E-state index in [9.17, 15) is 18.0 Å². The van der Waals surface area contributed by atoms with Gasteiger partial charge in [0.25, 0.3) is 0 Å². The summed E-state index contributed by atoms with van der Waals surface area (Å²) in [7, 11) is 0. The number of carbonyl (C=O) groups is 1. The van der Waals surface area contributed by atoms with Crippen molar-refractivity contribution >= 4 is 40.1 Å². The van der Waals surface area contributed by atoms with E-state index in [0.717, 1.165) is 12.3 Å². The molecule has 1 fully saturated rings. The molecule has 0 radical (unpaired) electrons. The average molecular weight is 453 g/mol. The van der Waals surface area contributed by atoms with Crippen molar-refractivity contribution < 1.29 is 22.4 Å². The summed E-state index contributed by atoms with van der Waals surface area (Å²) >= 11 is 6.04.